The molecule has 0 amide bonds. The van der Waals surface area contributed by atoms with Gasteiger partial charge in [-0.2, -0.15) is 0 Å². The molecule has 0 aliphatic heterocycles. The first kappa shape index (κ1) is 11.4. The highest BCUT2D eigenvalue weighted by atomic mass is 35.5. The number of halogens is 1. The highest BCUT2D eigenvalue weighted by Crippen LogP contribution is 2.19. The van der Waals surface area contributed by atoms with Crippen molar-refractivity contribution in [1.82, 2.24) is 4.98 Å². The van der Waals surface area contributed by atoms with Gasteiger partial charge in [0.2, 0.25) is 0 Å². The van der Waals surface area contributed by atoms with Gasteiger partial charge in [0.1, 0.15) is 0 Å². The van der Waals surface area contributed by atoms with Crippen molar-refractivity contribution in [2.24, 2.45) is 0 Å². The van der Waals surface area contributed by atoms with E-state index in [2.05, 4.69) is 11.1 Å². The maximum absolute atomic E-state index is 6.17. The van der Waals surface area contributed by atoms with Crippen molar-refractivity contribution in [3.63, 3.8) is 0 Å². The highest BCUT2D eigenvalue weighted by Gasteiger charge is 2.08. The summed E-state index contributed by atoms with van der Waals surface area (Å²) in [4.78, 5) is 4.32. The van der Waals surface area contributed by atoms with Gasteiger partial charge in [0.25, 0.3) is 0 Å². The zero-order chi connectivity index (χ0) is 11.4. The molecule has 1 unspecified atom stereocenters. The zero-order valence-corrected chi connectivity index (χ0v) is 9.95. The van der Waals surface area contributed by atoms with Crippen molar-refractivity contribution in [1.29, 1.82) is 0 Å². The third-order valence-corrected chi connectivity index (χ3v) is 2.81. The van der Waals surface area contributed by atoms with Crippen LogP contribution in [-0.4, -0.2) is 24.1 Å². The van der Waals surface area contributed by atoms with Gasteiger partial charge in [0.15, 0.2) is 0 Å². The van der Waals surface area contributed by atoms with E-state index < -0.39 is 0 Å². The van der Waals surface area contributed by atoms with Crippen LogP contribution in [-0.2, 0) is 11.2 Å². The Bertz CT molecular complexity index is 467. The maximum atomic E-state index is 6.17. The molecule has 2 rings (SSSR count). The number of nitrogens with zero attached hydrogens (tertiary/aromatic N) is 1. The van der Waals surface area contributed by atoms with Crippen molar-refractivity contribution >= 4 is 22.5 Å². The van der Waals surface area contributed by atoms with Crippen molar-refractivity contribution in [2.75, 3.05) is 13.7 Å². The highest BCUT2D eigenvalue weighted by molar-refractivity contribution is 6.21. The zero-order valence-electron chi connectivity index (χ0n) is 9.19. The van der Waals surface area contributed by atoms with E-state index in [1.807, 2.05) is 30.5 Å². The average molecular weight is 236 g/mol. The molecule has 1 heterocycles. The molecule has 3 heteroatoms. The van der Waals surface area contributed by atoms with Crippen molar-refractivity contribution in [3.05, 3.63) is 42.1 Å². The summed E-state index contributed by atoms with van der Waals surface area (Å²) < 4.78 is 5.04. The van der Waals surface area contributed by atoms with Crippen LogP contribution in [0.1, 0.15) is 5.56 Å². The van der Waals surface area contributed by atoms with E-state index in [4.69, 9.17) is 16.3 Å². The van der Waals surface area contributed by atoms with Crippen LogP contribution in [0.2, 0.25) is 0 Å². The van der Waals surface area contributed by atoms with Gasteiger partial charge in [0, 0.05) is 18.7 Å². The second-order valence-electron chi connectivity index (χ2n) is 3.74. The molecule has 0 saturated heterocycles. The minimum atomic E-state index is 0.0100. The first-order chi connectivity index (χ1) is 7.81. The number of alkyl halides is 1. The van der Waals surface area contributed by atoms with Gasteiger partial charge in [-0.15, -0.1) is 11.6 Å². The van der Waals surface area contributed by atoms with Crippen molar-refractivity contribution in [3.8, 4) is 0 Å². The standard InChI is InChI=1S/C13H14ClNO/c1-16-9-11(14)8-10-6-7-15-13-5-3-2-4-12(10)13/h2-7,11H,8-9H2,1H3. The Kier molecular flexibility index (Phi) is 3.75. The van der Waals surface area contributed by atoms with Gasteiger partial charge in [0.05, 0.1) is 17.5 Å². The Morgan fingerprint density at radius 3 is 2.94 bits per heavy atom. The summed E-state index contributed by atoms with van der Waals surface area (Å²) >= 11 is 6.17. The minimum Gasteiger partial charge on any atom is -0.383 e. The molecule has 0 saturated carbocycles. The van der Waals surface area contributed by atoms with E-state index in [0.717, 1.165) is 11.9 Å². The summed E-state index contributed by atoms with van der Waals surface area (Å²) in [7, 11) is 1.67. The molecule has 2 aromatic rings. The van der Waals surface area contributed by atoms with Crippen molar-refractivity contribution in [2.45, 2.75) is 11.8 Å². The number of para-hydroxylation sites is 1. The number of methoxy groups -OCH3 is 1. The van der Waals surface area contributed by atoms with Gasteiger partial charge in [-0.05, 0) is 24.1 Å². The second-order valence-corrected chi connectivity index (χ2v) is 4.36. The average Bonchev–Trinajstić information content (AvgIpc) is 2.30. The van der Waals surface area contributed by atoms with Gasteiger partial charge >= 0.3 is 0 Å². The van der Waals surface area contributed by atoms with E-state index in [9.17, 15) is 0 Å². The summed E-state index contributed by atoms with van der Waals surface area (Å²) in [6.45, 7) is 0.568. The Hall–Kier alpha value is -1.12. The van der Waals surface area contributed by atoms with Gasteiger partial charge < -0.3 is 4.74 Å². The topological polar surface area (TPSA) is 22.1 Å². The Balaban J connectivity index is 2.30. The molecule has 84 valence electrons. The molecule has 0 spiro atoms. The predicted octanol–water partition coefficient (Wildman–Crippen LogP) is 3.03. The lowest BCUT2D eigenvalue weighted by Gasteiger charge is -2.10. The maximum Gasteiger partial charge on any atom is 0.0704 e. The molecular formula is C13H14ClNO. The Morgan fingerprint density at radius 1 is 1.31 bits per heavy atom. The van der Waals surface area contributed by atoms with E-state index in [-0.39, 0.29) is 5.38 Å². The van der Waals surface area contributed by atoms with Crippen LogP contribution in [0.25, 0.3) is 10.9 Å². The van der Waals surface area contributed by atoms with Crippen LogP contribution < -0.4 is 0 Å². The summed E-state index contributed by atoms with van der Waals surface area (Å²) in [5, 5.41) is 1.18. The molecule has 16 heavy (non-hydrogen) atoms. The number of rotatable bonds is 4. The molecule has 0 radical (unpaired) electrons. The second kappa shape index (κ2) is 5.28. The third-order valence-electron chi connectivity index (χ3n) is 2.53. The van der Waals surface area contributed by atoms with Crippen molar-refractivity contribution < 1.29 is 4.74 Å². The summed E-state index contributed by atoms with van der Waals surface area (Å²) in [6.07, 6.45) is 2.63. The number of benzene rings is 1. The smallest absolute Gasteiger partial charge is 0.0704 e. The van der Waals surface area contributed by atoms with E-state index in [0.29, 0.717) is 6.61 Å². The molecule has 0 bridgehead atoms. The lowest BCUT2D eigenvalue weighted by atomic mass is 10.0. The Morgan fingerprint density at radius 2 is 2.12 bits per heavy atom. The van der Waals surface area contributed by atoms with Gasteiger partial charge in [-0.25, -0.2) is 0 Å². The minimum absolute atomic E-state index is 0.0100. The number of hydrogen-bond acceptors (Lipinski definition) is 2. The van der Waals surface area contributed by atoms with Crippen LogP contribution in [0.3, 0.4) is 0 Å². The van der Waals surface area contributed by atoms with E-state index in [1.165, 1.54) is 10.9 Å². The molecule has 0 aliphatic carbocycles. The molecular weight excluding hydrogens is 222 g/mol. The first-order valence-electron chi connectivity index (χ1n) is 5.27. The molecule has 1 aromatic carbocycles. The van der Waals surface area contributed by atoms with Crippen LogP contribution in [0.5, 0.6) is 0 Å². The van der Waals surface area contributed by atoms with Gasteiger partial charge in [-0.1, -0.05) is 18.2 Å². The first-order valence-corrected chi connectivity index (χ1v) is 5.70. The lowest BCUT2D eigenvalue weighted by molar-refractivity contribution is 0.198. The SMILES string of the molecule is COCC(Cl)Cc1ccnc2ccccc12. The third kappa shape index (κ3) is 2.52. The fourth-order valence-corrected chi connectivity index (χ4v) is 2.10. The van der Waals surface area contributed by atoms with E-state index in [1.54, 1.807) is 7.11 Å². The van der Waals surface area contributed by atoms with Crippen LogP contribution >= 0.6 is 11.6 Å². The van der Waals surface area contributed by atoms with Crippen LogP contribution in [0.15, 0.2) is 36.5 Å². The van der Waals surface area contributed by atoms with Crippen LogP contribution in [0, 0.1) is 0 Å². The number of fused-ring (bicyclic) bond motifs is 1. The monoisotopic (exact) mass is 235 g/mol. The normalized spacial score (nSPS) is 12.9. The number of ether oxygens (including phenoxy) is 1. The number of pyridine rings is 1. The lowest BCUT2D eigenvalue weighted by Crippen LogP contribution is -2.10. The molecule has 0 fully saturated rings. The molecule has 1 aromatic heterocycles. The number of aromatic nitrogens is 1. The quantitative estimate of drug-likeness (QED) is 0.760. The summed E-state index contributed by atoms with van der Waals surface area (Å²) in [6, 6.07) is 10.1. The largest absolute Gasteiger partial charge is 0.383 e. The number of hydrogen-bond donors (Lipinski definition) is 0. The predicted molar refractivity (Wildman–Crippen MR) is 67.0 cm³/mol. The molecule has 2 nitrogen and oxygen atoms in total. The van der Waals surface area contributed by atoms with E-state index >= 15 is 0 Å². The fourth-order valence-electron chi connectivity index (χ4n) is 1.81. The fraction of sp³-hybridized carbons (Fsp3) is 0.308. The van der Waals surface area contributed by atoms with Gasteiger partial charge in [-0.3, -0.25) is 4.98 Å². The molecule has 0 aliphatic rings. The summed E-state index contributed by atoms with van der Waals surface area (Å²) in [5.74, 6) is 0. The summed E-state index contributed by atoms with van der Waals surface area (Å²) in [5.41, 5.74) is 2.24. The Labute approximate surface area is 100 Å². The molecule has 1 atom stereocenters. The molecule has 0 N–H and O–H groups in total. The van der Waals surface area contributed by atoms with Crippen LogP contribution in [0.4, 0.5) is 0 Å².